The third-order valence-corrected chi connectivity index (χ3v) is 2.45. The van der Waals surface area contributed by atoms with Crippen LogP contribution in [-0.2, 0) is 0 Å². The fourth-order valence-corrected chi connectivity index (χ4v) is 1.47. The Morgan fingerprint density at radius 1 is 1.00 bits per heavy atom. The summed E-state index contributed by atoms with van der Waals surface area (Å²) in [7, 11) is 4.00. The van der Waals surface area contributed by atoms with Crippen LogP contribution in [0.5, 0.6) is 0 Å². The van der Waals surface area contributed by atoms with E-state index in [1.54, 1.807) is 0 Å². The number of hydrogen-bond donors (Lipinski definition) is 0. The van der Waals surface area contributed by atoms with Crippen molar-refractivity contribution >= 4 is 17.6 Å². The van der Waals surface area contributed by atoms with Crippen molar-refractivity contribution in [1.29, 1.82) is 0 Å². The highest BCUT2D eigenvalue weighted by Crippen LogP contribution is 2.17. The molecule has 0 aromatic heterocycles. The van der Waals surface area contributed by atoms with Crippen LogP contribution >= 0.6 is 0 Å². The van der Waals surface area contributed by atoms with Crippen molar-refractivity contribution in [2.45, 2.75) is 0 Å². The molecule has 0 N–H and O–H groups in total. The minimum atomic E-state index is 0.285. The largest absolute Gasteiger partial charge is 0.378 e. The summed E-state index contributed by atoms with van der Waals surface area (Å²) in [5, 5.41) is 0. The summed E-state index contributed by atoms with van der Waals surface area (Å²) in [6.07, 6.45) is 0.285. The fourth-order valence-electron chi connectivity index (χ4n) is 1.47. The van der Waals surface area contributed by atoms with Gasteiger partial charge in [0.25, 0.3) is 0 Å². The number of anilines is 1. The second kappa shape index (κ2) is 5.30. The molecular formula is C15H16N2. The van der Waals surface area contributed by atoms with Gasteiger partial charge in [-0.25, -0.2) is 0 Å². The summed E-state index contributed by atoms with van der Waals surface area (Å²) < 4.78 is 7.93. The van der Waals surface area contributed by atoms with E-state index in [1.807, 2.05) is 73.6 Å². The van der Waals surface area contributed by atoms with Crippen molar-refractivity contribution in [3.8, 4) is 0 Å². The van der Waals surface area contributed by atoms with Crippen LogP contribution in [-0.4, -0.2) is 20.3 Å². The van der Waals surface area contributed by atoms with E-state index in [0.29, 0.717) is 0 Å². The van der Waals surface area contributed by atoms with Gasteiger partial charge in [0.2, 0.25) is 0 Å². The third-order valence-electron chi connectivity index (χ3n) is 2.45. The molecule has 0 radical (unpaired) electrons. The zero-order valence-electron chi connectivity index (χ0n) is 11.1. The second-order valence-electron chi connectivity index (χ2n) is 4.00. The van der Waals surface area contributed by atoms with E-state index in [0.717, 1.165) is 16.9 Å². The number of aliphatic imine (C=N–C) groups is 1. The molecule has 0 aliphatic carbocycles. The van der Waals surface area contributed by atoms with Gasteiger partial charge in [0, 0.05) is 26.0 Å². The molecule has 2 aromatic rings. The number of nitrogens with zero attached hydrogens (tertiary/aromatic N) is 2. The van der Waals surface area contributed by atoms with Gasteiger partial charge in [-0.3, -0.25) is 4.99 Å². The predicted octanol–water partition coefficient (Wildman–Crippen LogP) is 3.50. The maximum absolute atomic E-state index is 7.93. The Bertz CT molecular complexity index is 530. The molecule has 0 saturated carbocycles. The summed E-state index contributed by atoms with van der Waals surface area (Å²) in [4.78, 5) is 6.33. The van der Waals surface area contributed by atoms with Gasteiger partial charge in [0.05, 0.1) is 7.06 Å². The van der Waals surface area contributed by atoms with Gasteiger partial charge in [-0.05, 0) is 29.8 Å². The quantitative estimate of drug-likeness (QED) is 0.730. The first-order valence-electron chi connectivity index (χ1n) is 6.05. The molecule has 0 aliphatic heterocycles. The standard InChI is InChI=1S/C15H16N2/c1-17(2)15-10-8-14(9-11-15)16-12-13-6-4-3-5-7-13/h3-12H,1-2H3/i12D. The van der Waals surface area contributed by atoms with Crippen LogP contribution in [0.4, 0.5) is 11.4 Å². The minimum Gasteiger partial charge on any atom is -0.378 e. The molecule has 0 heterocycles. The minimum absolute atomic E-state index is 0.285. The van der Waals surface area contributed by atoms with Crippen LogP contribution in [0.3, 0.4) is 0 Å². The molecule has 86 valence electrons. The monoisotopic (exact) mass is 225 g/mol. The molecular weight excluding hydrogens is 208 g/mol. The van der Waals surface area contributed by atoms with Crippen molar-refractivity contribution in [3.63, 3.8) is 0 Å². The molecule has 0 bridgehead atoms. The highest BCUT2D eigenvalue weighted by molar-refractivity contribution is 5.81. The molecule has 2 nitrogen and oxygen atoms in total. The van der Waals surface area contributed by atoms with E-state index in [9.17, 15) is 0 Å². The Labute approximate surface area is 104 Å². The first-order chi connectivity index (χ1) is 8.66. The van der Waals surface area contributed by atoms with Gasteiger partial charge in [-0.15, -0.1) is 0 Å². The van der Waals surface area contributed by atoms with Gasteiger partial charge in [-0.2, -0.15) is 0 Å². The maximum atomic E-state index is 7.93. The Kier molecular flexibility index (Phi) is 3.15. The van der Waals surface area contributed by atoms with Crippen LogP contribution in [0.1, 0.15) is 6.93 Å². The maximum Gasteiger partial charge on any atom is 0.0847 e. The van der Waals surface area contributed by atoms with E-state index in [1.165, 1.54) is 0 Å². The van der Waals surface area contributed by atoms with Gasteiger partial charge < -0.3 is 4.90 Å². The van der Waals surface area contributed by atoms with Gasteiger partial charge in [0.15, 0.2) is 0 Å². The third kappa shape index (κ3) is 3.18. The molecule has 0 unspecified atom stereocenters. The lowest BCUT2D eigenvalue weighted by molar-refractivity contribution is 1.13. The van der Waals surface area contributed by atoms with Crippen LogP contribution < -0.4 is 4.90 Å². The molecule has 0 fully saturated rings. The Balaban J connectivity index is 2.23. The van der Waals surface area contributed by atoms with Gasteiger partial charge >= 0.3 is 0 Å². The summed E-state index contributed by atoms with van der Waals surface area (Å²) in [6.45, 7) is 0. The number of rotatable bonds is 3. The lowest BCUT2D eigenvalue weighted by Gasteiger charge is -2.11. The van der Waals surface area contributed by atoms with E-state index in [4.69, 9.17) is 1.37 Å². The molecule has 0 spiro atoms. The molecule has 2 heteroatoms. The topological polar surface area (TPSA) is 15.6 Å². The van der Waals surface area contributed by atoms with Crippen molar-refractivity contribution in [3.05, 3.63) is 60.2 Å². The molecule has 0 amide bonds. The molecule has 0 saturated heterocycles. The Hall–Kier alpha value is -2.09. The first-order valence-corrected chi connectivity index (χ1v) is 5.55. The smallest absolute Gasteiger partial charge is 0.0847 e. The van der Waals surface area contributed by atoms with Crippen LogP contribution in [0.15, 0.2) is 59.6 Å². The summed E-state index contributed by atoms with van der Waals surface area (Å²) >= 11 is 0. The predicted molar refractivity (Wildman–Crippen MR) is 74.5 cm³/mol. The summed E-state index contributed by atoms with van der Waals surface area (Å²) in [5.74, 6) is 0. The fraction of sp³-hybridized carbons (Fsp3) is 0.133. The lowest BCUT2D eigenvalue weighted by atomic mass is 10.2. The van der Waals surface area contributed by atoms with Crippen molar-refractivity contribution in [2.24, 2.45) is 4.99 Å². The Morgan fingerprint density at radius 2 is 1.65 bits per heavy atom. The molecule has 0 aliphatic rings. The van der Waals surface area contributed by atoms with Crippen molar-refractivity contribution in [1.82, 2.24) is 0 Å². The normalized spacial score (nSPS) is 12.1. The van der Waals surface area contributed by atoms with Crippen molar-refractivity contribution < 1.29 is 1.37 Å². The molecule has 0 atom stereocenters. The van der Waals surface area contributed by atoms with E-state index >= 15 is 0 Å². The zero-order valence-corrected chi connectivity index (χ0v) is 10.1. The van der Waals surface area contributed by atoms with Crippen LogP contribution in [0, 0.1) is 0 Å². The highest BCUT2D eigenvalue weighted by Gasteiger charge is 1.94. The first kappa shape index (κ1) is 10.1. The van der Waals surface area contributed by atoms with E-state index < -0.39 is 0 Å². The SMILES string of the molecule is [2H]C(=Nc1ccc(N(C)C)cc1)c1ccccc1. The Morgan fingerprint density at radius 3 is 2.24 bits per heavy atom. The number of hydrogen-bond acceptors (Lipinski definition) is 2. The van der Waals surface area contributed by atoms with Gasteiger partial charge in [-0.1, -0.05) is 30.3 Å². The average molecular weight is 225 g/mol. The van der Waals surface area contributed by atoms with Gasteiger partial charge in [0.1, 0.15) is 0 Å². The van der Waals surface area contributed by atoms with E-state index in [-0.39, 0.29) is 6.19 Å². The summed E-state index contributed by atoms with van der Waals surface area (Å²) in [6, 6.07) is 17.4. The number of benzene rings is 2. The molecule has 2 rings (SSSR count). The molecule has 2 aromatic carbocycles. The lowest BCUT2D eigenvalue weighted by Crippen LogP contribution is -2.07. The van der Waals surface area contributed by atoms with Crippen LogP contribution in [0.25, 0.3) is 0 Å². The van der Waals surface area contributed by atoms with Crippen molar-refractivity contribution in [2.75, 3.05) is 19.0 Å². The average Bonchev–Trinajstić information content (AvgIpc) is 2.40. The molecule has 17 heavy (non-hydrogen) atoms. The zero-order chi connectivity index (χ0) is 13.0. The second-order valence-corrected chi connectivity index (χ2v) is 4.00. The summed E-state index contributed by atoms with van der Waals surface area (Å²) in [5.41, 5.74) is 2.75. The highest BCUT2D eigenvalue weighted by atomic mass is 15.1. The van der Waals surface area contributed by atoms with E-state index in [2.05, 4.69) is 4.99 Å². The van der Waals surface area contributed by atoms with Crippen LogP contribution in [0.2, 0.25) is 0 Å².